The zero-order valence-electron chi connectivity index (χ0n) is 11.0. The normalized spacial score (nSPS) is 14.4. The molecule has 0 saturated carbocycles. The lowest BCUT2D eigenvalue weighted by Gasteiger charge is -2.16. The third kappa shape index (κ3) is 2.26. The van der Waals surface area contributed by atoms with Crippen molar-refractivity contribution in [3.63, 3.8) is 0 Å². The van der Waals surface area contributed by atoms with Crippen LogP contribution in [0.3, 0.4) is 0 Å². The van der Waals surface area contributed by atoms with Crippen LogP contribution in [0.2, 0.25) is 0 Å². The van der Waals surface area contributed by atoms with Gasteiger partial charge in [0, 0.05) is 6.20 Å². The summed E-state index contributed by atoms with van der Waals surface area (Å²) in [5.74, 6) is 0.959. The average Bonchev–Trinajstić information content (AvgIpc) is 2.89. The van der Waals surface area contributed by atoms with Crippen molar-refractivity contribution in [2.45, 2.75) is 39.2 Å². The highest BCUT2D eigenvalue weighted by Gasteiger charge is 2.27. The van der Waals surface area contributed by atoms with Gasteiger partial charge in [-0.05, 0) is 31.4 Å². The lowest BCUT2D eigenvalue weighted by Crippen LogP contribution is -2.32. The van der Waals surface area contributed by atoms with Crippen molar-refractivity contribution in [1.29, 1.82) is 0 Å². The van der Waals surface area contributed by atoms with Crippen molar-refractivity contribution < 1.29 is 4.52 Å². The molecule has 0 fully saturated rings. The highest BCUT2D eigenvalue weighted by molar-refractivity contribution is 5.53. The van der Waals surface area contributed by atoms with Gasteiger partial charge < -0.3 is 10.3 Å². The first-order valence-corrected chi connectivity index (χ1v) is 6.15. The molecular formula is C13H18N4O. The number of hydrogen-bond acceptors (Lipinski definition) is 5. The summed E-state index contributed by atoms with van der Waals surface area (Å²) in [5.41, 5.74) is 7.35. The third-order valence-electron chi connectivity index (χ3n) is 3.13. The van der Waals surface area contributed by atoms with Gasteiger partial charge in [0.2, 0.25) is 11.7 Å². The summed E-state index contributed by atoms with van der Waals surface area (Å²) in [4.78, 5) is 8.68. The Morgan fingerprint density at radius 1 is 1.39 bits per heavy atom. The SMILES string of the molecule is CCc1cccnc1-c1noc(C(C)(N)CC)n1. The molecular weight excluding hydrogens is 228 g/mol. The van der Waals surface area contributed by atoms with Crippen LogP contribution < -0.4 is 5.73 Å². The Labute approximate surface area is 106 Å². The number of nitrogens with zero attached hydrogens (tertiary/aromatic N) is 3. The molecule has 5 heteroatoms. The number of aromatic nitrogens is 3. The van der Waals surface area contributed by atoms with Gasteiger partial charge in [0.1, 0.15) is 5.69 Å². The van der Waals surface area contributed by atoms with Gasteiger partial charge in [0.15, 0.2) is 0 Å². The Bertz CT molecular complexity index is 533. The molecule has 1 atom stereocenters. The molecule has 0 aliphatic heterocycles. The Kier molecular flexibility index (Phi) is 3.43. The molecule has 1 unspecified atom stereocenters. The molecule has 0 aliphatic carbocycles. The Hall–Kier alpha value is -1.75. The van der Waals surface area contributed by atoms with Crippen molar-refractivity contribution in [1.82, 2.24) is 15.1 Å². The molecule has 2 aromatic rings. The van der Waals surface area contributed by atoms with Crippen LogP contribution in [0.5, 0.6) is 0 Å². The highest BCUT2D eigenvalue weighted by atomic mass is 16.5. The average molecular weight is 246 g/mol. The Balaban J connectivity index is 2.41. The van der Waals surface area contributed by atoms with Gasteiger partial charge in [-0.15, -0.1) is 0 Å². The molecule has 0 radical (unpaired) electrons. The maximum Gasteiger partial charge on any atom is 0.246 e. The second-order valence-corrected chi connectivity index (χ2v) is 4.56. The predicted octanol–water partition coefficient (Wildman–Crippen LogP) is 2.28. The minimum Gasteiger partial charge on any atom is -0.337 e. The van der Waals surface area contributed by atoms with Crippen LogP contribution in [0.25, 0.3) is 11.5 Å². The van der Waals surface area contributed by atoms with E-state index in [1.54, 1.807) is 6.20 Å². The van der Waals surface area contributed by atoms with E-state index in [0.717, 1.165) is 24.1 Å². The van der Waals surface area contributed by atoms with Crippen LogP contribution >= 0.6 is 0 Å². The lowest BCUT2D eigenvalue weighted by molar-refractivity contribution is 0.291. The van der Waals surface area contributed by atoms with Crippen molar-refractivity contribution >= 4 is 0 Å². The largest absolute Gasteiger partial charge is 0.337 e. The molecule has 2 rings (SSSR count). The molecule has 0 saturated heterocycles. The van der Waals surface area contributed by atoms with Crippen LogP contribution in [0.15, 0.2) is 22.9 Å². The van der Waals surface area contributed by atoms with Crippen LogP contribution in [0.1, 0.15) is 38.6 Å². The summed E-state index contributed by atoms with van der Waals surface area (Å²) in [6.45, 7) is 5.94. The Morgan fingerprint density at radius 2 is 2.17 bits per heavy atom. The fraction of sp³-hybridized carbons (Fsp3) is 0.462. The second kappa shape index (κ2) is 4.86. The summed E-state index contributed by atoms with van der Waals surface area (Å²) in [6, 6.07) is 3.92. The van der Waals surface area contributed by atoms with Crippen LogP contribution in [-0.4, -0.2) is 15.1 Å². The zero-order valence-corrected chi connectivity index (χ0v) is 11.0. The fourth-order valence-electron chi connectivity index (χ4n) is 1.63. The van der Waals surface area contributed by atoms with E-state index in [2.05, 4.69) is 22.0 Å². The molecule has 2 heterocycles. The van der Waals surface area contributed by atoms with Crippen molar-refractivity contribution in [2.24, 2.45) is 5.73 Å². The van der Waals surface area contributed by atoms with Crippen LogP contribution in [0.4, 0.5) is 0 Å². The quantitative estimate of drug-likeness (QED) is 0.895. The molecule has 0 aliphatic rings. The lowest BCUT2D eigenvalue weighted by atomic mass is 10.0. The minimum atomic E-state index is -0.591. The van der Waals surface area contributed by atoms with Crippen molar-refractivity contribution in [3.05, 3.63) is 29.8 Å². The summed E-state index contributed by atoms with van der Waals surface area (Å²) in [5, 5.41) is 3.98. The molecule has 2 aromatic heterocycles. The number of pyridine rings is 1. The van der Waals surface area contributed by atoms with E-state index in [1.165, 1.54) is 0 Å². The minimum absolute atomic E-state index is 0.452. The number of nitrogens with two attached hydrogens (primary N) is 1. The standard InChI is InChI=1S/C13H18N4O/c1-4-9-7-6-8-15-10(9)11-16-12(18-17-11)13(3,14)5-2/h6-8H,4-5,14H2,1-3H3. The van der Waals surface area contributed by atoms with Crippen molar-refractivity contribution in [2.75, 3.05) is 0 Å². The van der Waals surface area contributed by atoms with E-state index in [4.69, 9.17) is 10.3 Å². The second-order valence-electron chi connectivity index (χ2n) is 4.56. The number of rotatable bonds is 4. The Morgan fingerprint density at radius 3 is 2.83 bits per heavy atom. The first-order valence-electron chi connectivity index (χ1n) is 6.15. The molecule has 18 heavy (non-hydrogen) atoms. The maximum atomic E-state index is 6.08. The van der Waals surface area contributed by atoms with E-state index in [9.17, 15) is 0 Å². The molecule has 0 amide bonds. The van der Waals surface area contributed by atoms with Crippen LogP contribution in [-0.2, 0) is 12.0 Å². The molecule has 5 nitrogen and oxygen atoms in total. The van der Waals surface area contributed by atoms with Gasteiger partial charge in [-0.2, -0.15) is 4.98 Å². The zero-order chi connectivity index (χ0) is 13.2. The highest BCUT2D eigenvalue weighted by Crippen LogP contribution is 2.24. The van der Waals surface area contributed by atoms with Gasteiger partial charge in [-0.25, -0.2) is 0 Å². The van der Waals surface area contributed by atoms with E-state index < -0.39 is 5.54 Å². The third-order valence-corrected chi connectivity index (χ3v) is 3.13. The first kappa shape index (κ1) is 12.7. The van der Waals surface area contributed by atoms with Gasteiger partial charge in [-0.3, -0.25) is 4.98 Å². The number of hydrogen-bond donors (Lipinski definition) is 1. The fourth-order valence-corrected chi connectivity index (χ4v) is 1.63. The monoisotopic (exact) mass is 246 g/mol. The van der Waals surface area contributed by atoms with E-state index >= 15 is 0 Å². The molecule has 0 spiro atoms. The smallest absolute Gasteiger partial charge is 0.246 e. The van der Waals surface area contributed by atoms with Crippen LogP contribution in [0, 0.1) is 0 Å². The summed E-state index contributed by atoms with van der Waals surface area (Å²) in [6.07, 6.45) is 3.34. The van der Waals surface area contributed by atoms with E-state index in [-0.39, 0.29) is 0 Å². The molecule has 0 aromatic carbocycles. The molecule has 0 bridgehead atoms. The maximum absolute atomic E-state index is 6.08. The van der Waals surface area contributed by atoms with Gasteiger partial charge >= 0.3 is 0 Å². The van der Waals surface area contributed by atoms with E-state index in [0.29, 0.717) is 11.7 Å². The van der Waals surface area contributed by atoms with Crippen molar-refractivity contribution in [3.8, 4) is 11.5 Å². The van der Waals surface area contributed by atoms with Gasteiger partial charge in [0.05, 0.1) is 5.54 Å². The topological polar surface area (TPSA) is 77.8 Å². The summed E-state index contributed by atoms with van der Waals surface area (Å²) in [7, 11) is 0. The van der Waals surface area contributed by atoms with Gasteiger partial charge in [0.25, 0.3) is 0 Å². The van der Waals surface area contributed by atoms with Gasteiger partial charge in [-0.1, -0.05) is 25.1 Å². The predicted molar refractivity (Wildman–Crippen MR) is 68.7 cm³/mol. The summed E-state index contributed by atoms with van der Waals surface area (Å²) >= 11 is 0. The molecule has 2 N–H and O–H groups in total. The summed E-state index contributed by atoms with van der Waals surface area (Å²) < 4.78 is 5.25. The molecule has 96 valence electrons. The van der Waals surface area contributed by atoms with E-state index in [1.807, 2.05) is 26.0 Å². The number of aryl methyl sites for hydroxylation is 1. The first-order chi connectivity index (χ1) is 8.58.